The quantitative estimate of drug-likeness (QED) is 0.798. The van der Waals surface area contributed by atoms with Crippen LogP contribution in [0.3, 0.4) is 0 Å². The first kappa shape index (κ1) is 20.2. The highest BCUT2D eigenvalue weighted by Crippen LogP contribution is 2.33. The van der Waals surface area contributed by atoms with E-state index in [9.17, 15) is 18.0 Å². The maximum Gasteiger partial charge on any atom is 0.322 e. The summed E-state index contributed by atoms with van der Waals surface area (Å²) < 4.78 is 25.9. The number of hydrogen-bond donors (Lipinski definition) is 1. The highest BCUT2D eigenvalue weighted by atomic mass is 32.2. The Labute approximate surface area is 171 Å². The lowest BCUT2D eigenvalue weighted by Crippen LogP contribution is -2.52. The minimum Gasteiger partial charge on any atom is -0.340 e. The zero-order valence-electron chi connectivity index (χ0n) is 16.9. The normalized spacial score (nSPS) is 22.0. The predicted octanol–water partition coefficient (Wildman–Crippen LogP) is 1.41. The summed E-state index contributed by atoms with van der Waals surface area (Å²) in [6.45, 7) is 1.86. The van der Waals surface area contributed by atoms with Gasteiger partial charge < -0.3 is 10.2 Å². The lowest BCUT2D eigenvalue weighted by atomic mass is 10.1. The van der Waals surface area contributed by atoms with Crippen molar-refractivity contribution < 1.29 is 18.0 Å². The van der Waals surface area contributed by atoms with Crippen LogP contribution in [0.2, 0.25) is 0 Å². The molecule has 9 heteroatoms. The van der Waals surface area contributed by atoms with Gasteiger partial charge in [0.2, 0.25) is 15.9 Å². The standard InChI is InChI=1S/C20H28N4O4S/c1-22(2)29(27,28)17-7-8-18-15(12-17)9-11-24(18)20(26)21-16-4-3-10-23(13-16)19(25)14-5-6-14/h7-8,12,14,16H,3-6,9-11,13H2,1-2H3,(H,21,26). The second kappa shape index (κ2) is 7.60. The van der Waals surface area contributed by atoms with E-state index in [1.807, 2.05) is 4.90 Å². The van der Waals surface area contributed by atoms with Gasteiger partial charge in [0, 0.05) is 51.4 Å². The van der Waals surface area contributed by atoms with E-state index in [1.54, 1.807) is 23.1 Å². The van der Waals surface area contributed by atoms with Crippen molar-refractivity contribution in [2.75, 3.05) is 38.6 Å². The van der Waals surface area contributed by atoms with Gasteiger partial charge in [0.1, 0.15) is 0 Å². The molecule has 158 valence electrons. The topological polar surface area (TPSA) is 90.0 Å². The van der Waals surface area contributed by atoms with Gasteiger partial charge in [-0.05, 0) is 55.9 Å². The number of hydrogen-bond acceptors (Lipinski definition) is 4. The van der Waals surface area contributed by atoms with E-state index in [4.69, 9.17) is 0 Å². The van der Waals surface area contributed by atoms with E-state index in [0.717, 1.165) is 43.5 Å². The van der Waals surface area contributed by atoms with Gasteiger partial charge in [-0.1, -0.05) is 0 Å². The Morgan fingerprint density at radius 2 is 1.90 bits per heavy atom. The summed E-state index contributed by atoms with van der Waals surface area (Å²) in [5, 5.41) is 3.08. The fraction of sp³-hybridized carbons (Fsp3) is 0.600. The van der Waals surface area contributed by atoms with Crippen LogP contribution in [0.15, 0.2) is 23.1 Å². The van der Waals surface area contributed by atoms with Crippen molar-refractivity contribution in [3.8, 4) is 0 Å². The van der Waals surface area contributed by atoms with E-state index in [1.165, 1.54) is 18.4 Å². The van der Waals surface area contributed by atoms with Crippen LogP contribution in [0, 0.1) is 5.92 Å². The number of benzene rings is 1. The molecule has 4 rings (SSSR count). The second-order valence-corrected chi connectivity index (χ2v) is 10.5. The number of rotatable bonds is 4. The zero-order chi connectivity index (χ0) is 20.8. The number of nitrogens with zero attached hydrogens (tertiary/aromatic N) is 3. The van der Waals surface area contributed by atoms with Crippen molar-refractivity contribution in [1.29, 1.82) is 0 Å². The fourth-order valence-corrected chi connectivity index (χ4v) is 5.05. The first-order valence-corrected chi connectivity index (χ1v) is 11.6. The van der Waals surface area contributed by atoms with Gasteiger partial charge >= 0.3 is 6.03 Å². The third-order valence-electron chi connectivity index (χ3n) is 5.96. The molecule has 1 aromatic rings. The highest BCUT2D eigenvalue weighted by molar-refractivity contribution is 7.89. The molecule has 2 heterocycles. The smallest absolute Gasteiger partial charge is 0.322 e. The van der Waals surface area contributed by atoms with Crippen LogP contribution < -0.4 is 10.2 Å². The van der Waals surface area contributed by atoms with Crippen LogP contribution >= 0.6 is 0 Å². The molecule has 1 saturated carbocycles. The molecule has 0 bridgehead atoms. The summed E-state index contributed by atoms with van der Waals surface area (Å²) in [7, 11) is -0.491. The third-order valence-corrected chi connectivity index (χ3v) is 7.77. The number of likely N-dealkylation sites (tertiary alicyclic amines) is 1. The van der Waals surface area contributed by atoms with E-state index in [2.05, 4.69) is 5.32 Å². The molecule has 0 aromatic heterocycles. The fourth-order valence-electron chi connectivity index (χ4n) is 4.10. The number of fused-ring (bicyclic) bond motifs is 1. The molecule has 8 nitrogen and oxygen atoms in total. The van der Waals surface area contributed by atoms with Crippen molar-refractivity contribution in [2.45, 2.75) is 43.0 Å². The van der Waals surface area contributed by atoms with Crippen LogP contribution in [0.5, 0.6) is 0 Å². The van der Waals surface area contributed by atoms with Crippen LogP contribution in [-0.2, 0) is 21.2 Å². The first-order chi connectivity index (χ1) is 13.8. The summed E-state index contributed by atoms with van der Waals surface area (Å²) in [6, 6.07) is 4.70. The van der Waals surface area contributed by atoms with Gasteiger partial charge in [-0.3, -0.25) is 9.69 Å². The van der Waals surface area contributed by atoms with Gasteiger partial charge in [0.05, 0.1) is 4.90 Å². The molecule has 1 saturated heterocycles. The van der Waals surface area contributed by atoms with Crippen molar-refractivity contribution in [3.63, 3.8) is 0 Å². The Hall–Kier alpha value is -2.13. The monoisotopic (exact) mass is 420 g/mol. The van der Waals surface area contributed by atoms with E-state index in [-0.39, 0.29) is 28.8 Å². The number of nitrogens with one attached hydrogen (secondary N) is 1. The third kappa shape index (κ3) is 3.98. The largest absolute Gasteiger partial charge is 0.340 e. The Morgan fingerprint density at radius 3 is 2.59 bits per heavy atom. The molecule has 0 spiro atoms. The number of amides is 3. The minimum absolute atomic E-state index is 0.0450. The molecule has 2 aliphatic heterocycles. The van der Waals surface area contributed by atoms with Gasteiger partial charge in [0.15, 0.2) is 0 Å². The zero-order valence-corrected chi connectivity index (χ0v) is 17.7. The Bertz CT molecular complexity index is 926. The molecule has 1 unspecified atom stereocenters. The molecule has 1 aliphatic carbocycles. The lowest BCUT2D eigenvalue weighted by Gasteiger charge is -2.34. The Balaban J connectivity index is 1.43. The molecule has 2 fully saturated rings. The van der Waals surface area contributed by atoms with Crippen molar-refractivity contribution in [3.05, 3.63) is 23.8 Å². The average molecular weight is 421 g/mol. The number of sulfonamides is 1. The number of anilines is 1. The van der Waals surface area contributed by atoms with Gasteiger partial charge in [0.25, 0.3) is 0 Å². The number of urea groups is 1. The molecular formula is C20H28N4O4S. The molecule has 0 radical (unpaired) electrons. The van der Waals surface area contributed by atoms with Gasteiger partial charge in [-0.25, -0.2) is 17.5 Å². The molecular weight excluding hydrogens is 392 g/mol. The molecule has 1 N–H and O–H groups in total. The van der Waals surface area contributed by atoms with E-state index in [0.29, 0.717) is 19.5 Å². The Kier molecular flexibility index (Phi) is 5.29. The van der Waals surface area contributed by atoms with Crippen molar-refractivity contribution in [2.24, 2.45) is 5.92 Å². The maximum atomic E-state index is 12.9. The Morgan fingerprint density at radius 1 is 1.14 bits per heavy atom. The van der Waals surface area contributed by atoms with Crippen LogP contribution in [0.1, 0.15) is 31.2 Å². The van der Waals surface area contributed by atoms with E-state index >= 15 is 0 Å². The van der Waals surface area contributed by atoms with Crippen LogP contribution in [-0.4, -0.2) is 69.3 Å². The van der Waals surface area contributed by atoms with Crippen molar-refractivity contribution >= 4 is 27.6 Å². The summed E-state index contributed by atoms with van der Waals surface area (Å²) in [6.07, 6.45) is 4.36. The summed E-state index contributed by atoms with van der Waals surface area (Å²) in [4.78, 5) is 29.0. The predicted molar refractivity (Wildman–Crippen MR) is 109 cm³/mol. The first-order valence-electron chi connectivity index (χ1n) is 10.2. The molecule has 29 heavy (non-hydrogen) atoms. The lowest BCUT2D eigenvalue weighted by molar-refractivity contribution is -0.133. The average Bonchev–Trinajstić information content (AvgIpc) is 3.45. The number of piperidine rings is 1. The summed E-state index contributed by atoms with van der Waals surface area (Å²) >= 11 is 0. The van der Waals surface area contributed by atoms with Crippen LogP contribution in [0.4, 0.5) is 10.5 Å². The minimum atomic E-state index is -3.50. The van der Waals surface area contributed by atoms with E-state index < -0.39 is 10.0 Å². The van der Waals surface area contributed by atoms with Gasteiger partial charge in [-0.15, -0.1) is 0 Å². The summed E-state index contributed by atoms with van der Waals surface area (Å²) in [5.74, 6) is 0.424. The molecule has 3 amide bonds. The SMILES string of the molecule is CN(C)S(=O)(=O)c1ccc2c(c1)CCN2C(=O)NC1CCCN(C(=O)C2CC2)C1. The van der Waals surface area contributed by atoms with Gasteiger partial charge in [-0.2, -0.15) is 0 Å². The second-order valence-electron chi connectivity index (χ2n) is 8.33. The summed E-state index contributed by atoms with van der Waals surface area (Å²) in [5.41, 5.74) is 1.61. The molecule has 3 aliphatic rings. The number of carbonyl (C=O) groups excluding carboxylic acids is 2. The molecule has 1 atom stereocenters. The molecule has 1 aromatic carbocycles. The number of carbonyl (C=O) groups is 2. The van der Waals surface area contributed by atoms with Crippen molar-refractivity contribution in [1.82, 2.24) is 14.5 Å². The highest BCUT2D eigenvalue weighted by Gasteiger charge is 2.36. The maximum absolute atomic E-state index is 12.9. The van der Waals surface area contributed by atoms with Crippen LogP contribution in [0.25, 0.3) is 0 Å².